The monoisotopic (exact) mass is 514 g/mol. The Labute approximate surface area is 221 Å². The molecule has 1 fully saturated rings. The number of hydrogen-bond donors (Lipinski definition) is 0. The lowest BCUT2D eigenvalue weighted by Gasteiger charge is -2.33. The molecule has 5 rings (SSSR count). The first kappa shape index (κ1) is 25.6. The van der Waals surface area contributed by atoms with Gasteiger partial charge in [0.1, 0.15) is 5.52 Å². The molecule has 8 heteroatoms. The summed E-state index contributed by atoms with van der Waals surface area (Å²) in [5.41, 5.74) is 2.61. The van der Waals surface area contributed by atoms with Crippen molar-refractivity contribution >= 4 is 45.3 Å². The van der Waals surface area contributed by atoms with Gasteiger partial charge in [0, 0.05) is 35.5 Å². The number of benzene rings is 3. The van der Waals surface area contributed by atoms with Crippen molar-refractivity contribution in [2.45, 2.75) is 19.4 Å². The summed E-state index contributed by atoms with van der Waals surface area (Å²) in [4.78, 5) is 29.6. The van der Waals surface area contributed by atoms with E-state index >= 15 is 4.39 Å². The third-order valence-corrected chi connectivity index (χ3v) is 7.35. The van der Waals surface area contributed by atoms with Crippen LogP contribution in [0.3, 0.4) is 0 Å². The minimum atomic E-state index is -0.456. The number of fused-ring (bicyclic) bond motifs is 2. The zero-order valence-electron chi connectivity index (χ0n) is 21.9. The van der Waals surface area contributed by atoms with Crippen LogP contribution in [0.25, 0.3) is 27.8 Å². The van der Waals surface area contributed by atoms with Crippen LogP contribution in [-0.2, 0) is 27.9 Å². The number of carbonyl (C=O) groups excluding carboxylic acids is 2. The van der Waals surface area contributed by atoms with Crippen LogP contribution in [0.15, 0.2) is 60.8 Å². The van der Waals surface area contributed by atoms with E-state index in [1.165, 1.54) is 13.2 Å². The smallest absolute Gasteiger partial charge is 0.330 e. The third kappa shape index (κ3) is 5.04. The zero-order chi connectivity index (χ0) is 26.8. The van der Waals surface area contributed by atoms with Crippen LogP contribution in [0.1, 0.15) is 24.0 Å². The van der Waals surface area contributed by atoms with E-state index in [9.17, 15) is 9.59 Å². The normalized spacial score (nSPS) is 14.9. The number of carbonyl (C=O) groups is 2. The van der Waals surface area contributed by atoms with Gasteiger partial charge in [-0.15, -0.1) is 0 Å². The Morgan fingerprint density at radius 1 is 1.11 bits per heavy atom. The standard InChI is InChI=1S/C30H31FN4O3/c1-33-14-12-21(13-15-33)30(37)35(25-9-4-6-20(16-25)10-11-26(36)38-3)19-23-8-5-7-22-17-24-18-32-34(2)29(24)28(31)27(22)23/h4-11,16-18,21H,12-15,19H2,1-3H3/b11-10+. The first-order valence-electron chi connectivity index (χ1n) is 12.7. The molecular formula is C30H31FN4O3. The van der Waals surface area contributed by atoms with Crippen LogP contribution in [0.2, 0.25) is 0 Å². The lowest BCUT2D eigenvalue weighted by atomic mass is 9.94. The van der Waals surface area contributed by atoms with Crippen LogP contribution in [0.5, 0.6) is 0 Å². The number of piperidine rings is 1. The SMILES string of the molecule is COC(=O)/C=C/c1cccc(N(Cc2cccc3cc4cnn(C)c4c(F)c23)C(=O)C2CCN(C)CC2)c1. The van der Waals surface area contributed by atoms with Crippen LogP contribution in [-0.4, -0.2) is 53.8 Å². The summed E-state index contributed by atoms with van der Waals surface area (Å²) in [6, 6.07) is 15.1. The molecule has 0 aliphatic carbocycles. The van der Waals surface area contributed by atoms with Gasteiger partial charge in [-0.3, -0.25) is 9.48 Å². The van der Waals surface area contributed by atoms with E-state index in [1.54, 1.807) is 28.9 Å². The maximum Gasteiger partial charge on any atom is 0.330 e. The number of esters is 1. The van der Waals surface area contributed by atoms with Gasteiger partial charge in [0.2, 0.25) is 5.91 Å². The fraction of sp³-hybridized carbons (Fsp3) is 0.300. The lowest BCUT2D eigenvalue weighted by Crippen LogP contribution is -2.41. The van der Waals surface area contributed by atoms with E-state index in [2.05, 4.69) is 17.0 Å². The summed E-state index contributed by atoms with van der Waals surface area (Å²) in [6.07, 6.45) is 6.21. The van der Waals surface area contributed by atoms with Crippen LogP contribution < -0.4 is 4.90 Å². The number of halogens is 1. The molecule has 38 heavy (non-hydrogen) atoms. The first-order chi connectivity index (χ1) is 18.4. The summed E-state index contributed by atoms with van der Waals surface area (Å²) in [5, 5.41) is 6.22. The summed E-state index contributed by atoms with van der Waals surface area (Å²) in [7, 11) is 5.12. The van der Waals surface area contributed by atoms with Gasteiger partial charge in [-0.05, 0) is 73.8 Å². The van der Waals surface area contributed by atoms with Crippen LogP contribution in [0.4, 0.5) is 10.1 Å². The quantitative estimate of drug-likeness (QED) is 0.270. The van der Waals surface area contributed by atoms with Gasteiger partial charge in [0.15, 0.2) is 5.82 Å². The number of aromatic nitrogens is 2. The molecule has 0 N–H and O–H groups in total. The Balaban J connectivity index is 1.58. The molecule has 1 aliphatic rings. The molecule has 2 heterocycles. The maximum atomic E-state index is 15.9. The third-order valence-electron chi connectivity index (χ3n) is 7.35. The predicted molar refractivity (Wildman–Crippen MR) is 147 cm³/mol. The summed E-state index contributed by atoms with van der Waals surface area (Å²) >= 11 is 0. The van der Waals surface area contributed by atoms with Gasteiger partial charge in [-0.25, -0.2) is 9.18 Å². The van der Waals surface area contributed by atoms with Gasteiger partial charge in [-0.1, -0.05) is 30.3 Å². The number of methoxy groups -OCH3 is 1. The topological polar surface area (TPSA) is 67.7 Å². The van der Waals surface area contributed by atoms with Gasteiger partial charge < -0.3 is 14.5 Å². The molecule has 1 amide bonds. The highest BCUT2D eigenvalue weighted by molar-refractivity contribution is 6.00. The molecule has 1 aromatic heterocycles. The van der Waals surface area contributed by atoms with Crippen molar-refractivity contribution in [3.05, 3.63) is 77.7 Å². The fourth-order valence-corrected chi connectivity index (χ4v) is 5.23. The van der Waals surface area contributed by atoms with Crippen molar-refractivity contribution in [2.75, 3.05) is 32.1 Å². The number of amides is 1. The summed E-state index contributed by atoms with van der Waals surface area (Å²) in [5.74, 6) is -0.896. The van der Waals surface area contributed by atoms with Crippen molar-refractivity contribution in [2.24, 2.45) is 13.0 Å². The number of aryl methyl sites for hydroxylation is 1. The van der Waals surface area contributed by atoms with E-state index in [4.69, 9.17) is 4.74 Å². The highest BCUT2D eigenvalue weighted by Gasteiger charge is 2.29. The molecule has 1 saturated heterocycles. The number of rotatable bonds is 6. The van der Waals surface area contributed by atoms with Crippen molar-refractivity contribution in [1.82, 2.24) is 14.7 Å². The average molecular weight is 515 g/mol. The van der Waals surface area contributed by atoms with Crippen molar-refractivity contribution < 1.29 is 18.7 Å². The summed E-state index contributed by atoms with van der Waals surface area (Å²) < 4.78 is 22.2. The number of nitrogens with zero attached hydrogens (tertiary/aromatic N) is 4. The van der Waals surface area contributed by atoms with Crippen molar-refractivity contribution in [3.63, 3.8) is 0 Å². The minimum Gasteiger partial charge on any atom is -0.466 e. The number of ether oxygens (including phenoxy) is 1. The van der Waals surface area contributed by atoms with Crippen molar-refractivity contribution in [3.8, 4) is 0 Å². The highest BCUT2D eigenvalue weighted by Crippen LogP contribution is 2.32. The molecule has 4 aromatic rings. The maximum absolute atomic E-state index is 15.9. The second kappa shape index (κ2) is 10.8. The predicted octanol–water partition coefficient (Wildman–Crippen LogP) is 4.93. The van der Waals surface area contributed by atoms with Crippen LogP contribution >= 0.6 is 0 Å². The first-order valence-corrected chi connectivity index (χ1v) is 12.7. The second-order valence-corrected chi connectivity index (χ2v) is 9.87. The number of likely N-dealkylation sites (tertiary alicyclic amines) is 1. The average Bonchev–Trinajstić information content (AvgIpc) is 3.31. The van der Waals surface area contributed by atoms with E-state index in [-0.39, 0.29) is 24.2 Å². The minimum absolute atomic E-state index is 0.0196. The zero-order valence-corrected chi connectivity index (χ0v) is 21.9. The largest absolute Gasteiger partial charge is 0.466 e. The molecule has 3 aromatic carbocycles. The van der Waals surface area contributed by atoms with Crippen molar-refractivity contribution in [1.29, 1.82) is 0 Å². The Morgan fingerprint density at radius 2 is 1.87 bits per heavy atom. The second-order valence-electron chi connectivity index (χ2n) is 9.87. The molecule has 0 spiro atoms. The molecule has 0 bridgehead atoms. The Morgan fingerprint density at radius 3 is 2.63 bits per heavy atom. The Bertz CT molecular complexity index is 1540. The molecule has 0 saturated carbocycles. The van der Waals surface area contributed by atoms with Gasteiger partial charge >= 0.3 is 5.97 Å². The highest BCUT2D eigenvalue weighted by atomic mass is 19.1. The van der Waals surface area contributed by atoms with Gasteiger partial charge in [0.25, 0.3) is 0 Å². The Kier molecular flexibility index (Phi) is 7.24. The van der Waals surface area contributed by atoms with Gasteiger partial charge in [-0.2, -0.15) is 5.10 Å². The van der Waals surface area contributed by atoms with Gasteiger partial charge in [0.05, 0.1) is 19.9 Å². The van der Waals surface area contributed by atoms with E-state index in [0.29, 0.717) is 16.6 Å². The van der Waals surface area contributed by atoms with E-state index in [1.807, 2.05) is 48.5 Å². The summed E-state index contributed by atoms with van der Waals surface area (Å²) in [6.45, 7) is 1.92. The molecule has 0 radical (unpaired) electrons. The lowest BCUT2D eigenvalue weighted by molar-refractivity contribution is -0.134. The Hall–Kier alpha value is -4.04. The fourth-order valence-electron chi connectivity index (χ4n) is 5.23. The molecular weight excluding hydrogens is 483 g/mol. The number of anilines is 1. The van der Waals surface area contributed by atoms with E-state index in [0.717, 1.165) is 47.8 Å². The van der Waals surface area contributed by atoms with E-state index < -0.39 is 5.97 Å². The molecule has 7 nitrogen and oxygen atoms in total. The molecule has 0 atom stereocenters. The molecule has 1 aliphatic heterocycles. The molecule has 196 valence electrons. The van der Waals surface area contributed by atoms with Crippen LogP contribution in [0, 0.1) is 11.7 Å². The number of hydrogen-bond acceptors (Lipinski definition) is 5. The molecule has 0 unspecified atom stereocenters.